The van der Waals surface area contributed by atoms with Crippen molar-refractivity contribution in [2.75, 3.05) is 0 Å². The van der Waals surface area contributed by atoms with Crippen LogP contribution in [0.15, 0.2) is 45.6 Å². The summed E-state index contributed by atoms with van der Waals surface area (Å²) >= 11 is 0. The highest BCUT2D eigenvalue weighted by Crippen LogP contribution is 2.29. The van der Waals surface area contributed by atoms with Crippen LogP contribution in [-0.4, -0.2) is 23.7 Å². The highest BCUT2D eigenvalue weighted by atomic mass is 19.2. The van der Waals surface area contributed by atoms with Crippen LogP contribution in [0.1, 0.15) is 22.3 Å². The van der Waals surface area contributed by atoms with Gasteiger partial charge in [-0.05, 0) is 23.3 Å². The summed E-state index contributed by atoms with van der Waals surface area (Å²) in [5.41, 5.74) is -3.94. The van der Waals surface area contributed by atoms with E-state index in [4.69, 9.17) is 0 Å². The maximum absolute atomic E-state index is 14.0. The van der Waals surface area contributed by atoms with Crippen LogP contribution in [0.5, 0.6) is 0 Å². The van der Waals surface area contributed by atoms with Gasteiger partial charge in [-0.25, -0.2) is 63.5 Å². The van der Waals surface area contributed by atoms with Gasteiger partial charge in [-0.2, -0.15) is 0 Å². The molecule has 6 nitrogen and oxygen atoms in total. The van der Waals surface area contributed by atoms with E-state index < -0.39 is 104 Å². The van der Waals surface area contributed by atoms with E-state index in [1.807, 2.05) is 0 Å². The van der Waals surface area contributed by atoms with Crippen LogP contribution in [0.4, 0.5) is 43.9 Å². The lowest BCUT2D eigenvalue weighted by molar-refractivity contribution is -0.130. The number of carbonyl (C=O) groups is 2. The standard InChI is InChI=1S/C26H6F10N2O4/c27-13-11(14(28)18(32)21(35)17(13)31)23-37-9(25(39)41-23)5-7-1-2-8(4-3-7)6-10-26(40)42-24(38-10)12-15(29)19(33)22(36)20(34)16(12)30/h1-6H/b9-5+,10-6+. The maximum Gasteiger partial charge on any atom is 0.363 e. The van der Waals surface area contributed by atoms with Gasteiger partial charge in [-0.3, -0.25) is 0 Å². The molecule has 0 spiro atoms. The molecule has 3 aromatic rings. The van der Waals surface area contributed by atoms with Gasteiger partial charge in [0.05, 0.1) is 0 Å². The molecule has 2 heterocycles. The van der Waals surface area contributed by atoms with Crippen LogP contribution in [0.25, 0.3) is 12.2 Å². The van der Waals surface area contributed by atoms with E-state index in [9.17, 15) is 53.5 Å². The van der Waals surface area contributed by atoms with Crippen molar-refractivity contribution in [1.82, 2.24) is 0 Å². The van der Waals surface area contributed by atoms with Crippen molar-refractivity contribution < 1.29 is 63.0 Å². The van der Waals surface area contributed by atoms with Crippen molar-refractivity contribution in [3.05, 3.63) is 116 Å². The number of benzene rings is 3. The zero-order chi connectivity index (χ0) is 30.6. The Balaban J connectivity index is 1.43. The molecule has 16 heteroatoms. The summed E-state index contributed by atoms with van der Waals surface area (Å²) in [5, 5.41) is 0. The van der Waals surface area contributed by atoms with Crippen molar-refractivity contribution in [2.45, 2.75) is 0 Å². The molecule has 0 fully saturated rings. The lowest BCUT2D eigenvalue weighted by Crippen LogP contribution is -2.14. The Morgan fingerprint density at radius 2 is 0.714 bits per heavy atom. The Morgan fingerprint density at radius 3 is 1.00 bits per heavy atom. The van der Waals surface area contributed by atoms with Crippen LogP contribution >= 0.6 is 0 Å². The van der Waals surface area contributed by atoms with Gasteiger partial charge in [0.25, 0.3) is 0 Å². The minimum atomic E-state index is -2.42. The molecular formula is C26H6F10N2O4. The molecule has 0 saturated carbocycles. The lowest BCUT2D eigenvalue weighted by Gasteiger charge is -2.06. The second-order valence-electron chi connectivity index (χ2n) is 8.23. The van der Waals surface area contributed by atoms with E-state index in [0.717, 1.165) is 12.2 Å². The smallest absolute Gasteiger partial charge is 0.363 e. The minimum Gasteiger partial charge on any atom is -0.402 e. The maximum atomic E-state index is 14.0. The first-order chi connectivity index (χ1) is 19.8. The molecule has 2 aliphatic heterocycles. The van der Waals surface area contributed by atoms with Gasteiger partial charge in [-0.15, -0.1) is 0 Å². The molecule has 0 radical (unpaired) electrons. The second kappa shape index (κ2) is 10.3. The van der Waals surface area contributed by atoms with Crippen LogP contribution in [-0.2, 0) is 19.1 Å². The fourth-order valence-corrected chi connectivity index (χ4v) is 3.62. The lowest BCUT2D eigenvalue weighted by atomic mass is 10.1. The highest BCUT2D eigenvalue weighted by Gasteiger charge is 2.36. The summed E-state index contributed by atoms with van der Waals surface area (Å²) in [5.74, 6) is -28.0. The van der Waals surface area contributed by atoms with Gasteiger partial charge < -0.3 is 9.47 Å². The zero-order valence-electron chi connectivity index (χ0n) is 19.8. The minimum absolute atomic E-state index is 0.172. The Kier molecular flexibility index (Phi) is 6.92. The number of aliphatic imine (C=N–C) groups is 2. The van der Waals surface area contributed by atoms with E-state index >= 15 is 0 Å². The van der Waals surface area contributed by atoms with Crippen molar-refractivity contribution in [1.29, 1.82) is 0 Å². The summed E-state index contributed by atoms with van der Waals surface area (Å²) in [6.45, 7) is 0. The van der Waals surface area contributed by atoms with E-state index in [0.29, 0.717) is 0 Å². The van der Waals surface area contributed by atoms with Gasteiger partial charge in [0.2, 0.25) is 23.4 Å². The van der Waals surface area contributed by atoms with Crippen LogP contribution < -0.4 is 0 Å². The number of halogens is 10. The average molecular weight is 600 g/mol. The molecule has 3 aromatic carbocycles. The summed E-state index contributed by atoms with van der Waals surface area (Å²) in [7, 11) is 0. The molecule has 5 rings (SSSR count). The number of esters is 2. The van der Waals surface area contributed by atoms with E-state index in [1.165, 1.54) is 24.3 Å². The number of cyclic esters (lactones) is 2. The molecule has 0 amide bonds. The summed E-state index contributed by atoms with van der Waals surface area (Å²) in [6.07, 6.45) is 2.03. The van der Waals surface area contributed by atoms with E-state index in [2.05, 4.69) is 19.5 Å². The molecule has 0 unspecified atom stereocenters. The summed E-state index contributed by atoms with van der Waals surface area (Å²) in [6, 6.07) is 5.14. The monoisotopic (exact) mass is 600 g/mol. The van der Waals surface area contributed by atoms with Gasteiger partial charge in [0.15, 0.2) is 57.9 Å². The predicted molar refractivity (Wildman–Crippen MR) is 120 cm³/mol. The van der Waals surface area contributed by atoms with Gasteiger partial charge in [-0.1, -0.05) is 24.3 Å². The SMILES string of the molecule is O=C1OC(c2c(F)c(F)c(F)c(F)c2F)=N/C1=C/c1ccc(/C=C2/N=C(c3c(F)c(F)c(F)c(F)c3F)OC2=O)cc1. The van der Waals surface area contributed by atoms with Gasteiger partial charge in [0.1, 0.15) is 11.1 Å². The number of hydrogen-bond acceptors (Lipinski definition) is 6. The highest BCUT2D eigenvalue weighted by molar-refractivity contribution is 6.14. The normalized spacial score (nSPS) is 16.7. The van der Waals surface area contributed by atoms with Gasteiger partial charge >= 0.3 is 11.9 Å². The van der Waals surface area contributed by atoms with E-state index in [-0.39, 0.29) is 11.1 Å². The molecule has 0 saturated heterocycles. The zero-order valence-corrected chi connectivity index (χ0v) is 19.8. The molecule has 0 bridgehead atoms. The Morgan fingerprint density at radius 1 is 0.452 bits per heavy atom. The number of rotatable bonds is 4. The number of ether oxygens (including phenoxy) is 2. The first kappa shape index (κ1) is 28.3. The first-order valence-corrected chi connectivity index (χ1v) is 11.0. The Labute approximate surface area is 225 Å². The number of carbonyl (C=O) groups excluding carboxylic acids is 2. The molecule has 0 atom stereocenters. The van der Waals surface area contributed by atoms with Crippen LogP contribution in [0.3, 0.4) is 0 Å². The van der Waals surface area contributed by atoms with Crippen molar-refractivity contribution in [3.63, 3.8) is 0 Å². The van der Waals surface area contributed by atoms with Crippen molar-refractivity contribution >= 4 is 35.9 Å². The molecule has 214 valence electrons. The molecule has 0 aromatic heterocycles. The quantitative estimate of drug-likeness (QED) is 0.125. The Bertz CT molecular complexity index is 1670. The molecule has 0 N–H and O–H groups in total. The number of hydrogen-bond donors (Lipinski definition) is 0. The number of nitrogens with zero attached hydrogens (tertiary/aromatic N) is 2. The topological polar surface area (TPSA) is 77.3 Å². The molecule has 0 aliphatic carbocycles. The van der Waals surface area contributed by atoms with Crippen LogP contribution in [0, 0.1) is 58.2 Å². The third-order valence-electron chi connectivity index (χ3n) is 5.63. The molecule has 2 aliphatic rings. The van der Waals surface area contributed by atoms with E-state index in [1.54, 1.807) is 0 Å². The third-order valence-corrected chi connectivity index (χ3v) is 5.63. The molecule has 42 heavy (non-hydrogen) atoms. The predicted octanol–water partition coefficient (Wildman–Crippen LogP) is 5.77. The fraction of sp³-hybridized carbons (Fsp3) is 0. The Hall–Kier alpha value is -5.28. The largest absolute Gasteiger partial charge is 0.402 e. The van der Waals surface area contributed by atoms with Gasteiger partial charge in [0, 0.05) is 0 Å². The third kappa shape index (κ3) is 4.59. The molecular weight excluding hydrogens is 594 g/mol. The van der Waals surface area contributed by atoms with Crippen LogP contribution in [0.2, 0.25) is 0 Å². The average Bonchev–Trinajstić information content (AvgIpc) is 3.50. The first-order valence-electron chi connectivity index (χ1n) is 11.0. The second-order valence-corrected chi connectivity index (χ2v) is 8.23. The summed E-state index contributed by atoms with van der Waals surface area (Å²) in [4.78, 5) is 31.2. The van der Waals surface area contributed by atoms with Crippen molar-refractivity contribution in [3.8, 4) is 0 Å². The fourth-order valence-electron chi connectivity index (χ4n) is 3.62. The van der Waals surface area contributed by atoms with Crippen molar-refractivity contribution in [2.24, 2.45) is 9.98 Å². The summed E-state index contributed by atoms with van der Waals surface area (Å²) < 4.78 is 146.